The molecule has 8 nitrogen and oxygen atoms in total. The van der Waals surface area contributed by atoms with Crippen molar-refractivity contribution < 1.29 is 18.7 Å². The van der Waals surface area contributed by atoms with Crippen LogP contribution in [-0.2, 0) is 21.5 Å². The van der Waals surface area contributed by atoms with E-state index in [4.69, 9.17) is 16.3 Å². The Kier molecular flexibility index (Phi) is 9.52. The Hall–Kier alpha value is -3.89. The molecule has 0 bridgehead atoms. The molecular weight excluding hydrogens is 625 g/mol. The van der Waals surface area contributed by atoms with Crippen molar-refractivity contribution in [1.29, 1.82) is 0 Å². The average Bonchev–Trinajstić information content (AvgIpc) is 3.34. The van der Waals surface area contributed by atoms with E-state index in [9.17, 15) is 14.0 Å². The molecule has 1 unspecified atom stereocenters. The van der Waals surface area contributed by atoms with Crippen LogP contribution in [0, 0.1) is 5.82 Å². The molecule has 1 aliphatic rings. The van der Waals surface area contributed by atoms with Crippen LogP contribution in [0.4, 0.5) is 14.9 Å². The number of aromatic nitrogens is 3. The molecule has 242 valence electrons. The maximum atomic E-state index is 14.5. The molecule has 4 aromatic rings. The van der Waals surface area contributed by atoms with Crippen LogP contribution in [0.15, 0.2) is 71.9 Å². The minimum Gasteiger partial charge on any atom is -0.444 e. The molecule has 3 aromatic carbocycles. The molecule has 1 aliphatic heterocycles. The fraction of sp³-hybridized carbons (Fsp3) is 0.371. The zero-order valence-corrected chi connectivity index (χ0v) is 28.7. The topological polar surface area (TPSA) is 80.6 Å². The number of thioether (sulfide) groups is 1. The second kappa shape index (κ2) is 13.1. The van der Waals surface area contributed by atoms with Gasteiger partial charge in [-0.05, 0) is 80.6 Å². The molecule has 1 atom stereocenters. The van der Waals surface area contributed by atoms with Gasteiger partial charge in [-0.15, -0.1) is 10.2 Å². The SMILES string of the molecule is CC1CN(C(=O)CSc2nnc(-c3ccc(C(C)(C)C)cc3)n2-c2ccc(Cl)cc2)c2cc(F)ccc2CN1C(=O)OC(C)(C)C. The summed E-state index contributed by atoms with van der Waals surface area (Å²) in [5.74, 6) is -0.0886. The maximum absolute atomic E-state index is 14.5. The van der Waals surface area contributed by atoms with E-state index in [1.165, 1.54) is 29.5 Å². The van der Waals surface area contributed by atoms with Crippen LogP contribution in [0.25, 0.3) is 17.1 Å². The van der Waals surface area contributed by atoms with E-state index in [0.29, 0.717) is 27.3 Å². The van der Waals surface area contributed by atoms with E-state index in [0.717, 1.165) is 11.3 Å². The van der Waals surface area contributed by atoms with Crippen molar-refractivity contribution in [3.63, 3.8) is 0 Å². The van der Waals surface area contributed by atoms with Gasteiger partial charge in [0.15, 0.2) is 11.0 Å². The molecule has 0 spiro atoms. The number of carbonyl (C=O) groups is 2. The number of anilines is 1. The van der Waals surface area contributed by atoms with Crippen LogP contribution in [-0.4, -0.2) is 55.6 Å². The third kappa shape index (κ3) is 7.56. The zero-order valence-electron chi connectivity index (χ0n) is 27.2. The van der Waals surface area contributed by atoms with Crippen molar-refractivity contribution >= 4 is 41.1 Å². The van der Waals surface area contributed by atoms with Gasteiger partial charge < -0.3 is 9.64 Å². The minimum atomic E-state index is -0.686. The number of amides is 2. The first-order chi connectivity index (χ1) is 21.6. The van der Waals surface area contributed by atoms with Crippen LogP contribution in [0.1, 0.15) is 59.6 Å². The van der Waals surface area contributed by atoms with Gasteiger partial charge in [-0.3, -0.25) is 14.3 Å². The van der Waals surface area contributed by atoms with Gasteiger partial charge in [-0.2, -0.15) is 0 Å². The molecule has 0 saturated carbocycles. The standard InChI is InChI=1S/C35H39ClFN5O3S/c1-22-19-41(29-18-27(37)15-10-24(29)20-40(22)33(44)45-35(5,6)7)30(43)21-46-32-39-38-31(42(32)28-16-13-26(36)14-17-28)23-8-11-25(12-9-23)34(2,3)4/h8-18,22H,19-21H2,1-7H3. The smallest absolute Gasteiger partial charge is 0.410 e. The molecule has 5 rings (SSSR count). The van der Waals surface area contributed by atoms with Gasteiger partial charge in [-0.25, -0.2) is 9.18 Å². The molecule has 0 N–H and O–H groups in total. The van der Waals surface area contributed by atoms with E-state index in [-0.39, 0.29) is 36.2 Å². The van der Waals surface area contributed by atoms with Gasteiger partial charge >= 0.3 is 6.09 Å². The van der Waals surface area contributed by atoms with Gasteiger partial charge in [-0.1, -0.05) is 74.5 Å². The number of fused-ring (bicyclic) bond motifs is 1. The lowest BCUT2D eigenvalue weighted by Gasteiger charge is -2.31. The first-order valence-corrected chi connectivity index (χ1v) is 16.5. The van der Waals surface area contributed by atoms with E-state index < -0.39 is 17.5 Å². The molecule has 11 heteroatoms. The van der Waals surface area contributed by atoms with E-state index in [1.807, 2.05) is 35.8 Å². The molecule has 0 saturated heterocycles. The summed E-state index contributed by atoms with van der Waals surface area (Å²) >= 11 is 7.44. The predicted octanol–water partition coefficient (Wildman–Crippen LogP) is 8.29. The van der Waals surface area contributed by atoms with Crippen LogP contribution in [0.5, 0.6) is 0 Å². The molecule has 1 aromatic heterocycles. The Morgan fingerprint density at radius 2 is 1.65 bits per heavy atom. The fourth-order valence-electron chi connectivity index (χ4n) is 5.22. The summed E-state index contributed by atoms with van der Waals surface area (Å²) in [5.41, 5.74) is 3.27. The average molecular weight is 664 g/mol. The highest BCUT2D eigenvalue weighted by Gasteiger charge is 2.34. The Morgan fingerprint density at radius 3 is 2.28 bits per heavy atom. The first-order valence-electron chi connectivity index (χ1n) is 15.1. The number of halogens is 2. The van der Waals surface area contributed by atoms with Crippen molar-refractivity contribution in [2.24, 2.45) is 0 Å². The Balaban J connectivity index is 1.44. The maximum Gasteiger partial charge on any atom is 0.410 e. The van der Waals surface area contributed by atoms with Gasteiger partial charge in [0.05, 0.1) is 24.0 Å². The lowest BCUT2D eigenvalue weighted by molar-refractivity contribution is -0.116. The number of rotatable bonds is 5. The lowest BCUT2D eigenvalue weighted by Crippen LogP contribution is -2.46. The molecule has 2 heterocycles. The van der Waals surface area contributed by atoms with Crippen molar-refractivity contribution in [2.45, 2.75) is 77.2 Å². The first kappa shape index (κ1) is 33.5. The number of benzene rings is 3. The second-order valence-corrected chi connectivity index (χ2v) is 14.8. The summed E-state index contributed by atoms with van der Waals surface area (Å²) in [5, 5.41) is 10.1. The van der Waals surface area contributed by atoms with Gasteiger partial charge in [0.2, 0.25) is 5.91 Å². The molecule has 0 radical (unpaired) electrons. The molecule has 2 amide bonds. The Bertz CT molecular complexity index is 1730. The highest BCUT2D eigenvalue weighted by Crippen LogP contribution is 2.33. The van der Waals surface area contributed by atoms with Crippen molar-refractivity contribution in [3.8, 4) is 17.1 Å². The molecule has 0 fully saturated rings. The quantitative estimate of drug-likeness (QED) is 0.200. The molecule has 0 aliphatic carbocycles. The number of carbonyl (C=O) groups excluding carboxylic acids is 2. The largest absolute Gasteiger partial charge is 0.444 e. The molecular formula is C35H39ClFN5O3S. The molecule has 46 heavy (non-hydrogen) atoms. The summed E-state index contributed by atoms with van der Waals surface area (Å²) < 4.78 is 22.1. The monoisotopic (exact) mass is 663 g/mol. The summed E-state index contributed by atoms with van der Waals surface area (Å²) in [6.07, 6.45) is -0.488. The van der Waals surface area contributed by atoms with E-state index in [1.54, 1.807) is 48.8 Å². The number of ether oxygens (including phenoxy) is 1. The number of hydrogen-bond acceptors (Lipinski definition) is 6. The third-order valence-electron chi connectivity index (χ3n) is 7.64. The van der Waals surface area contributed by atoms with Gasteiger partial charge in [0.25, 0.3) is 0 Å². The Morgan fingerprint density at radius 1 is 0.978 bits per heavy atom. The van der Waals surface area contributed by atoms with Crippen LogP contribution in [0.2, 0.25) is 5.02 Å². The fourth-order valence-corrected chi connectivity index (χ4v) is 6.17. The van der Waals surface area contributed by atoms with Gasteiger partial charge in [0, 0.05) is 22.8 Å². The summed E-state index contributed by atoms with van der Waals surface area (Å²) in [4.78, 5) is 30.2. The summed E-state index contributed by atoms with van der Waals surface area (Å²) in [6, 6.07) is 19.5. The normalized spacial score (nSPS) is 15.4. The summed E-state index contributed by atoms with van der Waals surface area (Å²) in [6.45, 7) is 14.1. The van der Waals surface area contributed by atoms with Gasteiger partial charge in [0.1, 0.15) is 11.4 Å². The highest BCUT2D eigenvalue weighted by molar-refractivity contribution is 7.99. The van der Waals surface area contributed by atoms with Crippen LogP contribution in [0.3, 0.4) is 0 Å². The van der Waals surface area contributed by atoms with Crippen molar-refractivity contribution in [2.75, 3.05) is 17.2 Å². The van der Waals surface area contributed by atoms with Crippen molar-refractivity contribution in [1.82, 2.24) is 19.7 Å². The lowest BCUT2D eigenvalue weighted by atomic mass is 9.87. The third-order valence-corrected chi connectivity index (χ3v) is 8.80. The predicted molar refractivity (Wildman–Crippen MR) is 181 cm³/mol. The number of hydrogen-bond donors (Lipinski definition) is 0. The Labute approximate surface area is 278 Å². The van der Waals surface area contributed by atoms with E-state index in [2.05, 4.69) is 43.1 Å². The summed E-state index contributed by atoms with van der Waals surface area (Å²) in [7, 11) is 0. The zero-order chi connectivity index (χ0) is 33.4. The van der Waals surface area contributed by atoms with Crippen LogP contribution < -0.4 is 4.90 Å². The second-order valence-electron chi connectivity index (χ2n) is 13.5. The number of nitrogens with zero attached hydrogens (tertiary/aromatic N) is 5. The highest BCUT2D eigenvalue weighted by atomic mass is 35.5. The van der Waals surface area contributed by atoms with Crippen molar-refractivity contribution in [3.05, 3.63) is 88.7 Å². The van der Waals surface area contributed by atoms with E-state index >= 15 is 0 Å². The minimum absolute atomic E-state index is 0.0000519. The van der Waals surface area contributed by atoms with Crippen LogP contribution >= 0.6 is 23.4 Å².